The summed E-state index contributed by atoms with van der Waals surface area (Å²) in [4.78, 5) is 28.3. The second-order valence-electron chi connectivity index (χ2n) is 5.32. The fourth-order valence-electron chi connectivity index (χ4n) is 2.26. The predicted octanol–water partition coefficient (Wildman–Crippen LogP) is 1.97. The topological polar surface area (TPSA) is 107 Å². The molecule has 1 aromatic heterocycles. The number of rotatable bonds is 8. The standard InChI is InChI=1S/C17H20N2O6S/c1-9-14(15(20)19-11(8-23-2)17(21)22)26-16(18-9)10-5-6-12(24-3)13(7-10)25-4/h5-7,11H,8H2,1-4H3,(H,19,20)(H,21,22). The van der Waals surface area contributed by atoms with E-state index in [2.05, 4.69) is 10.3 Å². The highest BCUT2D eigenvalue weighted by atomic mass is 32.1. The molecule has 0 saturated heterocycles. The summed E-state index contributed by atoms with van der Waals surface area (Å²) < 4.78 is 15.3. The van der Waals surface area contributed by atoms with E-state index in [4.69, 9.17) is 19.3 Å². The fraction of sp³-hybridized carbons (Fsp3) is 0.353. The van der Waals surface area contributed by atoms with Crippen molar-refractivity contribution in [1.82, 2.24) is 10.3 Å². The number of aryl methyl sites for hydroxylation is 1. The number of amides is 1. The average Bonchev–Trinajstić information content (AvgIpc) is 3.02. The van der Waals surface area contributed by atoms with Crippen molar-refractivity contribution >= 4 is 23.2 Å². The maximum atomic E-state index is 12.4. The molecule has 140 valence electrons. The Bertz CT molecular complexity index is 805. The molecule has 1 aromatic carbocycles. The molecule has 0 saturated carbocycles. The smallest absolute Gasteiger partial charge is 0.328 e. The number of carboxylic acid groups (broad SMARTS) is 1. The zero-order chi connectivity index (χ0) is 19.3. The van der Waals surface area contributed by atoms with Crippen molar-refractivity contribution < 1.29 is 28.9 Å². The largest absolute Gasteiger partial charge is 0.493 e. The van der Waals surface area contributed by atoms with Gasteiger partial charge < -0.3 is 24.6 Å². The van der Waals surface area contributed by atoms with Crippen molar-refractivity contribution in [2.45, 2.75) is 13.0 Å². The SMILES string of the molecule is COCC(NC(=O)c1sc(-c2ccc(OC)c(OC)c2)nc1C)C(=O)O. The lowest BCUT2D eigenvalue weighted by molar-refractivity contribution is -0.140. The van der Waals surface area contributed by atoms with E-state index < -0.39 is 17.9 Å². The third-order valence-electron chi connectivity index (χ3n) is 3.57. The molecule has 26 heavy (non-hydrogen) atoms. The average molecular weight is 380 g/mol. The normalized spacial score (nSPS) is 11.7. The van der Waals surface area contributed by atoms with Gasteiger partial charge in [0, 0.05) is 12.7 Å². The van der Waals surface area contributed by atoms with Crippen LogP contribution in [0.2, 0.25) is 0 Å². The molecule has 1 unspecified atom stereocenters. The van der Waals surface area contributed by atoms with Gasteiger partial charge in [0.1, 0.15) is 9.88 Å². The first kappa shape index (κ1) is 19.7. The maximum absolute atomic E-state index is 12.4. The van der Waals surface area contributed by atoms with Crippen LogP contribution in [0.3, 0.4) is 0 Å². The Balaban J connectivity index is 2.28. The first-order valence-electron chi connectivity index (χ1n) is 7.63. The Hall–Kier alpha value is -2.65. The van der Waals surface area contributed by atoms with E-state index in [9.17, 15) is 9.59 Å². The van der Waals surface area contributed by atoms with Crippen LogP contribution in [0.5, 0.6) is 11.5 Å². The summed E-state index contributed by atoms with van der Waals surface area (Å²) in [5.41, 5.74) is 1.28. The summed E-state index contributed by atoms with van der Waals surface area (Å²) >= 11 is 1.17. The molecule has 2 rings (SSSR count). The van der Waals surface area contributed by atoms with E-state index >= 15 is 0 Å². The molecule has 2 aromatic rings. The number of carbonyl (C=O) groups excluding carboxylic acids is 1. The molecule has 9 heteroatoms. The molecule has 0 spiro atoms. The summed E-state index contributed by atoms with van der Waals surface area (Å²) in [7, 11) is 4.46. The highest BCUT2D eigenvalue weighted by Crippen LogP contribution is 2.34. The highest BCUT2D eigenvalue weighted by Gasteiger charge is 2.24. The summed E-state index contributed by atoms with van der Waals surface area (Å²) in [6.07, 6.45) is 0. The number of aliphatic carboxylic acids is 1. The summed E-state index contributed by atoms with van der Waals surface area (Å²) in [6, 6.07) is 4.21. The number of methoxy groups -OCH3 is 3. The van der Waals surface area contributed by atoms with Crippen LogP contribution in [-0.4, -0.2) is 55.9 Å². The molecule has 0 fully saturated rings. The van der Waals surface area contributed by atoms with Gasteiger partial charge in [0.15, 0.2) is 17.5 Å². The van der Waals surface area contributed by atoms with Gasteiger partial charge in [-0.25, -0.2) is 9.78 Å². The fourth-order valence-corrected chi connectivity index (χ4v) is 3.23. The van der Waals surface area contributed by atoms with Crippen LogP contribution in [-0.2, 0) is 9.53 Å². The minimum absolute atomic E-state index is 0.124. The Morgan fingerprint density at radius 2 is 1.92 bits per heavy atom. The lowest BCUT2D eigenvalue weighted by atomic mass is 10.2. The number of hydrogen-bond acceptors (Lipinski definition) is 7. The van der Waals surface area contributed by atoms with Crippen LogP contribution in [0.15, 0.2) is 18.2 Å². The predicted molar refractivity (Wildman–Crippen MR) is 96.2 cm³/mol. The first-order valence-corrected chi connectivity index (χ1v) is 8.45. The number of carboxylic acids is 1. The Kier molecular flexibility index (Phi) is 6.53. The van der Waals surface area contributed by atoms with Gasteiger partial charge in [-0.05, 0) is 25.1 Å². The third kappa shape index (κ3) is 4.30. The molecule has 1 amide bonds. The number of benzene rings is 1. The van der Waals surface area contributed by atoms with E-state index in [0.717, 1.165) is 5.56 Å². The number of ether oxygens (including phenoxy) is 3. The second kappa shape index (κ2) is 8.63. The van der Waals surface area contributed by atoms with Crippen molar-refractivity contribution in [3.8, 4) is 22.1 Å². The maximum Gasteiger partial charge on any atom is 0.328 e. The van der Waals surface area contributed by atoms with E-state index in [0.29, 0.717) is 27.1 Å². The van der Waals surface area contributed by atoms with E-state index in [1.54, 1.807) is 26.2 Å². The quantitative estimate of drug-likeness (QED) is 0.721. The molecular weight excluding hydrogens is 360 g/mol. The van der Waals surface area contributed by atoms with Crippen LogP contribution in [0.1, 0.15) is 15.4 Å². The first-order chi connectivity index (χ1) is 12.4. The van der Waals surface area contributed by atoms with E-state index in [1.165, 1.54) is 25.6 Å². The number of thiazole rings is 1. The van der Waals surface area contributed by atoms with Gasteiger partial charge in [-0.2, -0.15) is 0 Å². The molecule has 0 aliphatic rings. The van der Waals surface area contributed by atoms with Gasteiger partial charge in [0.2, 0.25) is 0 Å². The minimum atomic E-state index is -1.16. The minimum Gasteiger partial charge on any atom is -0.493 e. The molecule has 0 aliphatic carbocycles. The highest BCUT2D eigenvalue weighted by molar-refractivity contribution is 7.17. The van der Waals surface area contributed by atoms with Gasteiger partial charge in [-0.1, -0.05) is 0 Å². The molecule has 1 atom stereocenters. The monoisotopic (exact) mass is 380 g/mol. The number of nitrogens with zero attached hydrogens (tertiary/aromatic N) is 1. The number of carbonyl (C=O) groups is 2. The summed E-state index contributed by atoms with van der Waals surface area (Å²) in [6.45, 7) is 1.57. The van der Waals surface area contributed by atoms with Gasteiger partial charge >= 0.3 is 5.97 Å². The zero-order valence-electron chi connectivity index (χ0n) is 14.9. The molecule has 1 heterocycles. The van der Waals surface area contributed by atoms with Gasteiger partial charge in [0.05, 0.1) is 26.5 Å². The number of aromatic nitrogens is 1. The van der Waals surface area contributed by atoms with Gasteiger partial charge in [-0.15, -0.1) is 11.3 Å². The molecule has 0 radical (unpaired) electrons. The lowest BCUT2D eigenvalue weighted by Gasteiger charge is -2.12. The summed E-state index contributed by atoms with van der Waals surface area (Å²) in [5.74, 6) is -0.528. The van der Waals surface area contributed by atoms with Crippen LogP contribution in [0, 0.1) is 6.92 Å². The van der Waals surface area contributed by atoms with Crippen molar-refractivity contribution in [2.24, 2.45) is 0 Å². The molecule has 2 N–H and O–H groups in total. The second-order valence-corrected chi connectivity index (χ2v) is 6.32. The van der Waals surface area contributed by atoms with Gasteiger partial charge in [0.25, 0.3) is 5.91 Å². The zero-order valence-corrected chi connectivity index (χ0v) is 15.7. The van der Waals surface area contributed by atoms with Crippen LogP contribution >= 0.6 is 11.3 Å². The molecule has 0 aliphatic heterocycles. The summed E-state index contributed by atoms with van der Waals surface area (Å²) in [5, 5.41) is 12.2. The van der Waals surface area contributed by atoms with Crippen LogP contribution in [0.25, 0.3) is 10.6 Å². The Morgan fingerprint density at radius 1 is 1.23 bits per heavy atom. The lowest BCUT2D eigenvalue weighted by Crippen LogP contribution is -2.43. The van der Waals surface area contributed by atoms with Crippen molar-refractivity contribution in [3.05, 3.63) is 28.8 Å². The third-order valence-corrected chi connectivity index (χ3v) is 4.78. The van der Waals surface area contributed by atoms with Crippen LogP contribution in [0.4, 0.5) is 0 Å². The van der Waals surface area contributed by atoms with E-state index in [-0.39, 0.29) is 6.61 Å². The molecule has 8 nitrogen and oxygen atoms in total. The van der Waals surface area contributed by atoms with E-state index in [1.807, 2.05) is 6.07 Å². The van der Waals surface area contributed by atoms with Crippen LogP contribution < -0.4 is 14.8 Å². The Labute approximate surface area is 154 Å². The molecule has 0 bridgehead atoms. The van der Waals surface area contributed by atoms with Gasteiger partial charge in [-0.3, -0.25) is 4.79 Å². The van der Waals surface area contributed by atoms with Crippen molar-refractivity contribution in [3.63, 3.8) is 0 Å². The number of hydrogen-bond donors (Lipinski definition) is 2. The molecular formula is C17H20N2O6S. The Morgan fingerprint density at radius 3 is 2.50 bits per heavy atom. The number of nitrogens with one attached hydrogen (secondary N) is 1. The van der Waals surface area contributed by atoms with Crippen molar-refractivity contribution in [1.29, 1.82) is 0 Å². The van der Waals surface area contributed by atoms with Crippen molar-refractivity contribution in [2.75, 3.05) is 27.9 Å².